The fourth-order valence-corrected chi connectivity index (χ4v) is 9.67. The number of allylic oxidation sites excluding steroid dienone is 16. The average molecular weight is 1110 g/mol. The molecule has 460 valence electrons. The molecule has 6 heteroatoms. The van der Waals surface area contributed by atoms with Crippen molar-refractivity contribution in [3.63, 3.8) is 0 Å². The first-order chi connectivity index (χ1) is 39.5. The predicted molar refractivity (Wildman–Crippen MR) is 348 cm³/mol. The molecule has 0 saturated carbocycles. The number of esters is 3. The lowest BCUT2D eigenvalue weighted by Gasteiger charge is -2.18. The molecule has 0 rings (SSSR count). The third-order valence-electron chi connectivity index (χ3n) is 14.8. The topological polar surface area (TPSA) is 78.9 Å². The number of carbonyl (C=O) groups is 3. The second-order valence-corrected chi connectivity index (χ2v) is 22.7. The molecule has 0 bridgehead atoms. The van der Waals surface area contributed by atoms with E-state index < -0.39 is 6.10 Å². The van der Waals surface area contributed by atoms with E-state index in [0.717, 1.165) is 116 Å². The van der Waals surface area contributed by atoms with Gasteiger partial charge < -0.3 is 14.2 Å². The van der Waals surface area contributed by atoms with Crippen molar-refractivity contribution in [3.05, 3.63) is 97.2 Å². The highest BCUT2D eigenvalue weighted by Gasteiger charge is 2.19. The maximum absolute atomic E-state index is 12.9. The molecule has 0 N–H and O–H groups in total. The monoisotopic (exact) mass is 1110 g/mol. The largest absolute Gasteiger partial charge is 0.462 e. The van der Waals surface area contributed by atoms with Crippen molar-refractivity contribution in [2.24, 2.45) is 0 Å². The number of ether oxygens (including phenoxy) is 3. The summed E-state index contributed by atoms with van der Waals surface area (Å²) < 4.78 is 17.0. The summed E-state index contributed by atoms with van der Waals surface area (Å²) in [7, 11) is 0. The number of unbranched alkanes of at least 4 members (excludes halogenated alkanes) is 35. The highest BCUT2D eigenvalue weighted by atomic mass is 16.6. The van der Waals surface area contributed by atoms with Gasteiger partial charge in [-0.1, -0.05) is 291 Å². The normalized spacial score (nSPS) is 12.7. The van der Waals surface area contributed by atoms with Crippen LogP contribution in [0.4, 0.5) is 0 Å². The SMILES string of the molecule is CC/C=C\C/C=C\C/C=C\C/C=C\C/C=C\C/C=C\CCCCCCCCC(=O)OCC(COC(=O)CCCCCCC/C=C\CCCCCCC)OC(=O)CCCCCCCCCCCCC/C=C\CCCCCCCCCC. The third kappa shape index (κ3) is 65.1. The van der Waals surface area contributed by atoms with E-state index in [2.05, 4.69) is 118 Å². The first-order valence-electron chi connectivity index (χ1n) is 34.2. The summed E-state index contributed by atoms with van der Waals surface area (Å²) in [5.41, 5.74) is 0. The van der Waals surface area contributed by atoms with Gasteiger partial charge in [-0.15, -0.1) is 0 Å². The lowest BCUT2D eigenvalue weighted by atomic mass is 10.0. The van der Waals surface area contributed by atoms with Crippen LogP contribution in [0.15, 0.2) is 97.2 Å². The van der Waals surface area contributed by atoms with E-state index in [1.165, 1.54) is 180 Å². The number of hydrogen-bond donors (Lipinski definition) is 0. The summed E-state index contributed by atoms with van der Waals surface area (Å²) >= 11 is 0. The number of carbonyl (C=O) groups excluding carboxylic acids is 3. The van der Waals surface area contributed by atoms with Gasteiger partial charge in [0.05, 0.1) is 0 Å². The molecule has 0 fully saturated rings. The predicted octanol–water partition coefficient (Wildman–Crippen LogP) is 23.6. The quantitative estimate of drug-likeness (QED) is 0.0261. The zero-order valence-corrected chi connectivity index (χ0v) is 52.8. The summed E-state index contributed by atoms with van der Waals surface area (Å²) in [6, 6.07) is 0. The molecule has 0 amide bonds. The molecule has 0 aromatic carbocycles. The molecule has 0 spiro atoms. The first kappa shape index (κ1) is 76.3. The van der Waals surface area contributed by atoms with Crippen molar-refractivity contribution in [1.29, 1.82) is 0 Å². The molecule has 6 nitrogen and oxygen atoms in total. The Morgan fingerprint density at radius 3 is 0.775 bits per heavy atom. The van der Waals surface area contributed by atoms with Gasteiger partial charge in [0.25, 0.3) is 0 Å². The third-order valence-corrected chi connectivity index (χ3v) is 14.8. The maximum Gasteiger partial charge on any atom is 0.306 e. The van der Waals surface area contributed by atoms with E-state index in [0.29, 0.717) is 19.3 Å². The zero-order chi connectivity index (χ0) is 57.8. The van der Waals surface area contributed by atoms with Crippen LogP contribution in [-0.4, -0.2) is 37.2 Å². The van der Waals surface area contributed by atoms with Gasteiger partial charge in [-0.2, -0.15) is 0 Å². The molecule has 0 aliphatic carbocycles. The lowest BCUT2D eigenvalue weighted by Crippen LogP contribution is -2.30. The van der Waals surface area contributed by atoms with Crippen molar-refractivity contribution < 1.29 is 28.6 Å². The Bertz CT molecular complexity index is 1560. The van der Waals surface area contributed by atoms with Crippen LogP contribution in [0, 0.1) is 0 Å². The fourth-order valence-electron chi connectivity index (χ4n) is 9.67. The number of hydrogen-bond acceptors (Lipinski definition) is 6. The Hall–Kier alpha value is -3.67. The molecular formula is C74H128O6. The van der Waals surface area contributed by atoms with Crippen LogP contribution in [-0.2, 0) is 28.6 Å². The molecule has 0 saturated heterocycles. The van der Waals surface area contributed by atoms with Gasteiger partial charge >= 0.3 is 17.9 Å². The van der Waals surface area contributed by atoms with Crippen LogP contribution in [0.5, 0.6) is 0 Å². The smallest absolute Gasteiger partial charge is 0.306 e. The molecule has 80 heavy (non-hydrogen) atoms. The van der Waals surface area contributed by atoms with Gasteiger partial charge in [0.1, 0.15) is 13.2 Å². The van der Waals surface area contributed by atoms with Crippen LogP contribution in [0.1, 0.15) is 335 Å². The van der Waals surface area contributed by atoms with Crippen molar-refractivity contribution in [3.8, 4) is 0 Å². The van der Waals surface area contributed by atoms with Crippen LogP contribution >= 0.6 is 0 Å². The van der Waals surface area contributed by atoms with Crippen LogP contribution in [0.25, 0.3) is 0 Å². The van der Waals surface area contributed by atoms with E-state index in [9.17, 15) is 14.4 Å². The molecule has 0 aliphatic rings. The van der Waals surface area contributed by atoms with E-state index in [4.69, 9.17) is 14.2 Å². The molecule has 0 aromatic heterocycles. The summed E-state index contributed by atoms with van der Waals surface area (Å²) in [4.78, 5) is 38.4. The van der Waals surface area contributed by atoms with Crippen LogP contribution in [0.2, 0.25) is 0 Å². The minimum Gasteiger partial charge on any atom is -0.462 e. The zero-order valence-electron chi connectivity index (χ0n) is 52.8. The molecular weight excluding hydrogens is 985 g/mol. The van der Waals surface area contributed by atoms with E-state index in [1.54, 1.807) is 0 Å². The fraction of sp³-hybridized carbons (Fsp3) is 0.743. The molecule has 0 aliphatic heterocycles. The minimum atomic E-state index is -0.790. The minimum absolute atomic E-state index is 0.0855. The Kier molecular flexibility index (Phi) is 64.7. The Balaban J connectivity index is 4.36. The second-order valence-electron chi connectivity index (χ2n) is 22.7. The van der Waals surface area contributed by atoms with Gasteiger partial charge in [-0.3, -0.25) is 14.4 Å². The maximum atomic E-state index is 12.9. The van der Waals surface area contributed by atoms with Gasteiger partial charge in [-0.25, -0.2) is 0 Å². The molecule has 1 unspecified atom stereocenters. The second kappa shape index (κ2) is 67.8. The highest BCUT2D eigenvalue weighted by Crippen LogP contribution is 2.16. The van der Waals surface area contributed by atoms with E-state index in [1.807, 2.05) is 0 Å². The van der Waals surface area contributed by atoms with Gasteiger partial charge in [-0.05, 0) is 122 Å². The van der Waals surface area contributed by atoms with Gasteiger partial charge in [0.2, 0.25) is 0 Å². The van der Waals surface area contributed by atoms with E-state index in [-0.39, 0.29) is 31.1 Å². The average Bonchev–Trinajstić information content (AvgIpc) is 3.46. The van der Waals surface area contributed by atoms with Crippen molar-refractivity contribution >= 4 is 17.9 Å². The molecule has 1 atom stereocenters. The summed E-state index contributed by atoms with van der Waals surface area (Å²) in [5.74, 6) is -0.896. The molecule has 0 aromatic rings. The van der Waals surface area contributed by atoms with Gasteiger partial charge in [0.15, 0.2) is 6.10 Å². The summed E-state index contributed by atoms with van der Waals surface area (Å²) in [6.07, 6.45) is 91.3. The Morgan fingerprint density at radius 1 is 0.263 bits per heavy atom. The summed E-state index contributed by atoms with van der Waals surface area (Å²) in [6.45, 7) is 6.53. The van der Waals surface area contributed by atoms with Crippen molar-refractivity contribution in [2.75, 3.05) is 13.2 Å². The summed E-state index contributed by atoms with van der Waals surface area (Å²) in [5, 5.41) is 0. The van der Waals surface area contributed by atoms with E-state index >= 15 is 0 Å². The Labute approximate surface area is 496 Å². The molecule has 0 heterocycles. The van der Waals surface area contributed by atoms with Crippen LogP contribution < -0.4 is 0 Å². The Morgan fingerprint density at radius 2 is 0.487 bits per heavy atom. The van der Waals surface area contributed by atoms with Crippen LogP contribution in [0.3, 0.4) is 0 Å². The highest BCUT2D eigenvalue weighted by molar-refractivity contribution is 5.71. The first-order valence-corrected chi connectivity index (χ1v) is 34.2. The standard InChI is InChI=1S/C74H128O6/c1-4-7-10-13-16-19-22-25-28-30-32-34-36-37-39-40-42-44-46-49-52-55-58-61-64-67-73(76)79-70-71(69-78-72(75)66-63-60-57-54-51-48-27-24-21-18-15-12-9-6-3)80-74(77)68-65-62-59-56-53-50-47-45-43-41-38-35-33-31-29-26-23-20-17-14-11-8-5-2/h7,10,16,19,24-25,27-28,31-34,37,39,42,44,71H,4-6,8-9,11-15,17-18,20-23,26,29-30,35-36,38,40-41,43,45-70H2,1-3H3/b10-7-,19-16-,27-24-,28-25-,33-31-,34-32-,39-37-,44-42-. The van der Waals surface area contributed by atoms with Crippen molar-refractivity contribution in [2.45, 2.75) is 341 Å². The van der Waals surface area contributed by atoms with Gasteiger partial charge in [0, 0.05) is 19.3 Å². The van der Waals surface area contributed by atoms with Crippen molar-refractivity contribution in [1.82, 2.24) is 0 Å². The molecule has 0 radical (unpaired) electrons. The lowest BCUT2D eigenvalue weighted by molar-refractivity contribution is -0.167. The number of rotatable bonds is 62.